The van der Waals surface area contributed by atoms with Gasteiger partial charge >= 0.3 is 11.8 Å². The second-order valence-corrected chi connectivity index (χ2v) is 5.35. The van der Waals surface area contributed by atoms with E-state index in [1.165, 1.54) is 12.1 Å². The van der Waals surface area contributed by atoms with Gasteiger partial charge in [-0.3, -0.25) is 0 Å². The standard InChI is InChI=1S/C18H17F3O3/c1-5-7-12-9-13-14(18(19,20)21)10(3)17(22)24-16(13)11(4)15(12)23-8-6-2/h5-6,9H,1-2,7-8H2,3-4H3. The fourth-order valence-corrected chi connectivity index (χ4v) is 2.66. The summed E-state index contributed by atoms with van der Waals surface area (Å²) in [4.78, 5) is 11.8. The first kappa shape index (κ1) is 17.8. The van der Waals surface area contributed by atoms with Crippen molar-refractivity contribution in [1.82, 2.24) is 0 Å². The summed E-state index contributed by atoms with van der Waals surface area (Å²) < 4.78 is 51.1. The van der Waals surface area contributed by atoms with Gasteiger partial charge in [0, 0.05) is 16.5 Å². The Morgan fingerprint density at radius 1 is 1.21 bits per heavy atom. The van der Waals surface area contributed by atoms with E-state index in [1.807, 2.05) is 0 Å². The maximum absolute atomic E-state index is 13.5. The summed E-state index contributed by atoms with van der Waals surface area (Å²) in [5, 5.41) is -0.153. The molecule has 1 aromatic heterocycles. The maximum atomic E-state index is 13.5. The van der Waals surface area contributed by atoms with E-state index >= 15 is 0 Å². The van der Waals surface area contributed by atoms with E-state index in [2.05, 4.69) is 13.2 Å². The highest BCUT2D eigenvalue weighted by Gasteiger charge is 2.37. The Balaban J connectivity index is 2.95. The average Bonchev–Trinajstić information content (AvgIpc) is 2.48. The number of rotatable bonds is 5. The van der Waals surface area contributed by atoms with Crippen molar-refractivity contribution in [2.75, 3.05) is 6.61 Å². The van der Waals surface area contributed by atoms with Gasteiger partial charge in [-0.2, -0.15) is 13.2 Å². The van der Waals surface area contributed by atoms with E-state index < -0.39 is 22.9 Å². The largest absolute Gasteiger partial charge is 0.489 e. The molecule has 0 amide bonds. The van der Waals surface area contributed by atoms with Gasteiger partial charge in [-0.15, -0.1) is 6.58 Å². The fraction of sp³-hybridized carbons (Fsp3) is 0.278. The predicted octanol–water partition coefficient (Wildman–Crippen LogP) is 4.72. The van der Waals surface area contributed by atoms with Gasteiger partial charge in [0.2, 0.25) is 0 Å². The Kier molecular flexibility index (Phi) is 4.87. The minimum Gasteiger partial charge on any atom is -0.489 e. The van der Waals surface area contributed by atoms with E-state index in [9.17, 15) is 18.0 Å². The molecule has 24 heavy (non-hydrogen) atoms. The van der Waals surface area contributed by atoms with Crippen molar-refractivity contribution in [3.05, 3.63) is 64.1 Å². The van der Waals surface area contributed by atoms with Crippen molar-refractivity contribution in [2.45, 2.75) is 26.4 Å². The minimum atomic E-state index is -4.67. The Morgan fingerprint density at radius 2 is 1.88 bits per heavy atom. The number of hydrogen-bond donors (Lipinski definition) is 0. The predicted molar refractivity (Wildman–Crippen MR) is 86.6 cm³/mol. The second kappa shape index (κ2) is 6.55. The molecule has 0 N–H and O–H groups in total. The third-order valence-corrected chi connectivity index (χ3v) is 3.67. The Bertz CT molecular complexity index is 861. The fourth-order valence-electron chi connectivity index (χ4n) is 2.66. The molecule has 1 aromatic carbocycles. The van der Waals surface area contributed by atoms with E-state index in [0.29, 0.717) is 23.3 Å². The molecule has 0 atom stereocenters. The van der Waals surface area contributed by atoms with Crippen LogP contribution < -0.4 is 10.4 Å². The first-order valence-corrected chi connectivity index (χ1v) is 7.24. The number of aryl methyl sites for hydroxylation is 1. The zero-order valence-electron chi connectivity index (χ0n) is 13.4. The van der Waals surface area contributed by atoms with Crippen LogP contribution in [0.4, 0.5) is 13.2 Å². The number of alkyl halides is 3. The van der Waals surface area contributed by atoms with Gasteiger partial charge in [0.05, 0.1) is 5.56 Å². The van der Waals surface area contributed by atoms with Crippen molar-refractivity contribution in [3.63, 3.8) is 0 Å². The highest BCUT2D eigenvalue weighted by Crippen LogP contribution is 2.40. The summed E-state index contributed by atoms with van der Waals surface area (Å²) in [6.07, 6.45) is -1.26. The number of halogens is 3. The molecule has 0 radical (unpaired) electrons. The lowest BCUT2D eigenvalue weighted by molar-refractivity contribution is -0.137. The number of hydrogen-bond acceptors (Lipinski definition) is 3. The highest BCUT2D eigenvalue weighted by molar-refractivity contribution is 5.87. The van der Waals surface area contributed by atoms with Gasteiger partial charge in [-0.25, -0.2) is 4.79 Å². The molecule has 0 fully saturated rings. The lowest BCUT2D eigenvalue weighted by Gasteiger charge is -2.18. The van der Waals surface area contributed by atoms with Crippen LogP contribution in [0.2, 0.25) is 0 Å². The van der Waals surface area contributed by atoms with Crippen LogP contribution in [0, 0.1) is 13.8 Å². The number of allylic oxidation sites excluding steroid dienone is 1. The molecule has 0 aliphatic carbocycles. The van der Waals surface area contributed by atoms with Crippen LogP contribution in [0.25, 0.3) is 11.0 Å². The van der Waals surface area contributed by atoms with Crippen molar-refractivity contribution < 1.29 is 22.3 Å². The molecule has 0 saturated carbocycles. The Labute approximate surface area is 137 Å². The summed E-state index contributed by atoms with van der Waals surface area (Å²) in [6, 6.07) is 1.35. The molecule has 2 rings (SSSR count). The van der Waals surface area contributed by atoms with E-state index in [1.54, 1.807) is 13.0 Å². The second-order valence-electron chi connectivity index (χ2n) is 5.35. The van der Waals surface area contributed by atoms with Crippen LogP contribution in [0.3, 0.4) is 0 Å². The maximum Gasteiger partial charge on any atom is 0.417 e. The summed E-state index contributed by atoms with van der Waals surface area (Å²) in [5.41, 5.74) is -1.69. The molecular weight excluding hydrogens is 321 g/mol. The third-order valence-electron chi connectivity index (χ3n) is 3.67. The molecular formula is C18H17F3O3. The van der Waals surface area contributed by atoms with Gasteiger partial charge < -0.3 is 9.15 Å². The molecule has 1 heterocycles. The van der Waals surface area contributed by atoms with Gasteiger partial charge in [0.25, 0.3) is 0 Å². The summed E-state index contributed by atoms with van der Waals surface area (Å²) in [6.45, 7) is 10.0. The summed E-state index contributed by atoms with van der Waals surface area (Å²) in [5.74, 6) is 0.377. The van der Waals surface area contributed by atoms with Crippen molar-refractivity contribution in [2.24, 2.45) is 0 Å². The number of ether oxygens (including phenoxy) is 1. The molecule has 0 unspecified atom stereocenters. The van der Waals surface area contributed by atoms with E-state index in [0.717, 1.165) is 6.92 Å². The quantitative estimate of drug-likeness (QED) is 0.585. The number of fused-ring (bicyclic) bond motifs is 1. The molecule has 6 heteroatoms. The van der Waals surface area contributed by atoms with Crippen LogP contribution in [0.15, 0.2) is 40.6 Å². The van der Waals surface area contributed by atoms with Crippen LogP contribution in [-0.2, 0) is 12.6 Å². The zero-order chi connectivity index (χ0) is 18.1. The van der Waals surface area contributed by atoms with Crippen molar-refractivity contribution in [3.8, 4) is 5.75 Å². The molecule has 2 aromatic rings. The summed E-state index contributed by atoms with van der Waals surface area (Å²) >= 11 is 0. The van der Waals surface area contributed by atoms with Gasteiger partial charge in [0.15, 0.2) is 0 Å². The molecule has 0 spiro atoms. The van der Waals surface area contributed by atoms with Crippen LogP contribution >= 0.6 is 0 Å². The van der Waals surface area contributed by atoms with Crippen LogP contribution in [0.5, 0.6) is 5.75 Å². The Morgan fingerprint density at radius 3 is 2.42 bits per heavy atom. The lowest BCUT2D eigenvalue weighted by atomic mass is 9.97. The summed E-state index contributed by atoms with van der Waals surface area (Å²) in [7, 11) is 0. The van der Waals surface area contributed by atoms with Crippen LogP contribution in [0.1, 0.15) is 22.3 Å². The molecule has 3 nitrogen and oxygen atoms in total. The first-order valence-electron chi connectivity index (χ1n) is 7.24. The molecule has 0 aliphatic rings. The van der Waals surface area contributed by atoms with E-state index in [4.69, 9.17) is 9.15 Å². The molecule has 0 bridgehead atoms. The molecule has 0 saturated heterocycles. The van der Waals surface area contributed by atoms with E-state index in [-0.39, 0.29) is 17.6 Å². The lowest BCUT2D eigenvalue weighted by Crippen LogP contribution is -2.17. The van der Waals surface area contributed by atoms with Crippen molar-refractivity contribution >= 4 is 11.0 Å². The Hall–Kier alpha value is -2.50. The topological polar surface area (TPSA) is 39.4 Å². The molecule has 0 aliphatic heterocycles. The molecule has 128 valence electrons. The van der Waals surface area contributed by atoms with Gasteiger partial charge in [0.1, 0.15) is 17.9 Å². The smallest absolute Gasteiger partial charge is 0.417 e. The minimum absolute atomic E-state index is 0.121. The number of benzene rings is 1. The van der Waals surface area contributed by atoms with Gasteiger partial charge in [-0.1, -0.05) is 18.7 Å². The zero-order valence-corrected chi connectivity index (χ0v) is 13.4. The SMILES string of the molecule is C=CCOc1c(CC=C)cc2c(C(F)(F)F)c(C)c(=O)oc2c1C. The monoisotopic (exact) mass is 338 g/mol. The highest BCUT2D eigenvalue weighted by atomic mass is 19.4. The van der Waals surface area contributed by atoms with Crippen molar-refractivity contribution in [1.29, 1.82) is 0 Å². The first-order chi connectivity index (χ1) is 11.2. The van der Waals surface area contributed by atoms with Gasteiger partial charge in [-0.05, 0) is 31.9 Å². The third kappa shape index (κ3) is 3.09. The normalized spacial score (nSPS) is 11.5. The average molecular weight is 338 g/mol. The van der Waals surface area contributed by atoms with Crippen LogP contribution in [-0.4, -0.2) is 6.61 Å².